The molecule has 1 aliphatic rings. The normalized spacial score (nSPS) is 16.4. The van der Waals surface area contributed by atoms with E-state index in [2.05, 4.69) is 37.4 Å². The lowest BCUT2D eigenvalue weighted by Crippen LogP contribution is -2.25. The Balaban J connectivity index is 1.82. The molecular weight excluding hydrogens is 250 g/mol. The molecule has 112 valence electrons. The van der Waals surface area contributed by atoms with Crippen LogP contribution in [0.15, 0.2) is 24.3 Å². The number of hydrogen-bond donors (Lipinski definition) is 1. The zero-order valence-electron chi connectivity index (χ0n) is 12.9. The van der Waals surface area contributed by atoms with Crippen molar-refractivity contribution < 1.29 is 9.47 Å². The number of hydrogen-bond acceptors (Lipinski definition) is 3. The second-order valence-corrected chi connectivity index (χ2v) is 6.12. The van der Waals surface area contributed by atoms with Crippen molar-refractivity contribution in [3.63, 3.8) is 0 Å². The van der Waals surface area contributed by atoms with Gasteiger partial charge in [0.25, 0.3) is 0 Å². The SMILES string of the molecule is COCCC1(CNCc2ccccc2OC(C)C)CC1. The molecule has 0 aliphatic heterocycles. The Hall–Kier alpha value is -1.06. The maximum Gasteiger partial charge on any atom is 0.124 e. The summed E-state index contributed by atoms with van der Waals surface area (Å²) < 4.78 is 11.0. The molecule has 0 amide bonds. The molecule has 0 saturated heterocycles. The first-order valence-corrected chi connectivity index (χ1v) is 7.59. The van der Waals surface area contributed by atoms with Crippen LogP contribution in [0.4, 0.5) is 0 Å². The highest BCUT2D eigenvalue weighted by atomic mass is 16.5. The fourth-order valence-corrected chi connectivity index (χ4v) is 2.49. The van der Waals surface area contributed by atoms with Gasteiger partial charge >= 0.3 is 0 Å². The van der Waals surface area contributed by atoms with Crippen LogP contribution >= 0.6 is 0 Å². The molecule has 1 aliphatic carbocycles. The van der Waals surface area contributed by atoms with Crippen molar-refractivity contribution in [1.82, 2.24) is 5.32 Å². The van der Waals surface area contributed by atoms with Crippen LogP contribution in [0, 0.1) is 5.41 Å². The van der Waals surface area contributed by atoms with E-state index in [4.69, 9.17) is 9.47 Å². The van der Waals surface area contributed by atoms with E-state index >= 15 is 0 Å². The highest BCUT2D eigenvalue weighted by Gasteiger charge is 2.41. The molecule has 1 fully saturated rings. The molecule has 1 aromatic carbocycles. The maximum atomic E-state index is 5.85. The van der Waals surface area contributed by atoms with Gasteiger partial charge in [0.1, 0.15) is 5.75 Å². The van der Waals surface area contributed by atoms with Gasteiger partial charge in [-0.3, -0.25) is 0 Å². The molecule has 2 rings (SSSR count). The number of benzene rings is 1. The Labute approximate surface area is 122 Å². The van der Waals surface area contributed by atoms with Crippen molar-refractivity contribution >= 4 is 0 Å². The first-order chi connectivity index (χ1) is 9.65. The topological polar surface area (TPSA) is 30.5 Å². The Bertz CT molecular complexity index is 413. The van der Waals surface area contributed by atoms with Crippen molar-refractivity contribution in [2.75, 3.05) is 20.3 Å². The van der Waals surface area contributed by atoms with E-state index in [1.807, 2.05) is 6.07 Å². The Kier molecular flexibility index (Phi) is 5.44. The third-order valence-corrected chi connectivity index (χ3v) is 3.94. The maximum absolute atomic E-state index is 5.85. The summed E-state index contributed by atoms with van der Waals surface area (Å²) in [4.78, 5) is 0. The Morgan fingerprint density at radius 2 is 2.00 bits per heavy atom. The molecule has 20 heavy (non-hydrogen) atoms. The van der Waals surface area contributed by atoms with Crippen LogP contribution in [0.3, 0.4) is 0 Å². The van der Waals surface area contributed by atoms with Crippen LogP contribution in [-0.4, -0.2) is 26.4 Å². The fraction of sp³-hybridized carbons (Fsp3) is 0.647. The minimum Gasteiger partial charge on any atom is -0.491 e. The lowest BCUT2D eigenvalue weighted by atomic mass is 10.0. The van der Waals surface area contributed by atoms with E-state index in [0.29, 0.717) is 5.41 Å². The molecule has 1 saturated carbocycles. The van der Waals surface area contributed by atoms with Gasteiger partial charge in [-0.15, -0.1) is 0 Å². The zero-order chi connectivity index (χ0) is 14.4. The summed E-state index contributed by atoms with van der Waals surface area (Å²) in [5.41, 5.74) is 1.73. The van der Waals surface area contributed by atoms with Crippen LogP contribution in [0.2, 0.25) is 0 Å². The van der Waals surface area contributed by atoms with E-state index in [9.17, 15) is 0 Å². The molecule has 0 radical (unpaired) electrons. The van der Waals surface area contributed by atoms with Gasteiger partial charge in [0, 0.05) is 32.4 Å². The Morgan fingerprint density at radius 3 is 2.65 bits per heavy atom. The third-order valence-electron chi connectivity index (χ3n) is 3.94. The van der Waals surface area contributed by atoms with Gasteiger partial charge in [-0.2, -0.15) is 0 Å². The molecule has 0 atom stereocenters. The molecule has 0 aromatic heterocycles. The molecule has 0 spiro atoms. The van der Waals surface area contributed by atoms with Crippen molar-refractivity contribution in [2.45, 2.75) is 45.8 Å². The summed E-state index contributed by atoms with van der Waals surface area (Å²) in [6.07, 6.45) is 4.04. The van der Waals surface area contributed by atoms with Crippen molar-refractivity contribution in [1.29, 1.82) is 0 Å². The molecule has 0 bridgehead atoms. The number of rotatable bonds is 9. The molecule has 0 heterocycles. The first kappa shape index (κ1) is 15.3. The van der Waals surface area contributed by atoms with Gasteiger partial charge in [-0.05, 0) is 44.6 Å². The lowest BCUT2D eigenvalue weighted by molar-refractivity contribution is 0.171. The van der Waals surface area contributed by atoms with E-state index in [1.54, 1.807) is 7.11 Å². The van der Waals surface area contributed by atoms with Crippen LogP contribution in [-0.2, 0) is 11.3 Å². The van der Waals surface area contributed by atoms with Crippen molar-refractivity contribution in [2.24, 2.45) is 5.41 Å². The highest BCUT2D eigenvalue weighted by Crippen LogP contribution is 2.48. The summed E-state index contributed by atoms with van der Waals surface area (Å²) in [6, 6.07) is 8.29. The largest absolute Gasteiger partial charge is 0.491 e. The van der Waals surface area contributed by atoms with Crippen molar-refractivity contribution in [3.8, 4) is 5.75 Å². The molecule has 1 N–H and O–H groups in total. The van der Waals surface area contributed by atoms with Gasteiger partial charge in [-0.25, -0.2) is 0 Å². The van der Waals surface area contributed by atoms with E-state index < -0.39 is 0 Å². The predicted molar refractivity (Wildman–Crippen MR) is 82.1 cm³/mol. The standard InChI is InChI=1S/C17H27NO2/c1-14(2)20-16-7-5-4-6-15(16)12-18-13-17(8-9-17)10-11-19-3/h4-7,14,18H,8-13H2,1-3H3. The number of ether oxygens (including phenoxy) is 2. The molecule has 0 unspecified atom stereocenters. The van der Waals surface area contributed by atoms with Crippen LogP contribution < -0.4 is 10.1 Å². The number of para-hydroxylation sites is 1. The van der Waals surface area contributed by atoms with Gasteiger partial charge < -0.3 is 14.8 Å². The molecule has 1 aromatic rings. The summed E-state index contributed by atoms with van der Waals surface area (Å²) in [5, 5.41) is 3.59. The summed E-state index contributed by atoms with van der Waals surface area (Å²) in [7, 11) is 1.78. The Morgan fingerprint density at radius 1 is 1.25 bits per heavy atom. The molecular formula is C17H27NO2. The fourth-order valence-electron chi connectivity index (χ4n) is 2.49. The quantitative estimate of drug-likeness (QED) is 0.750. The van der Waals surface area contributed by atoms with E-state index in [0.717, 1.165) is 25.4 Å². The van der Waals surface area contributed by atoms with Crippen molar-refractivity contribution in [3.05, 3.63) is 29.8 Å². The van der Waals surface area contributed by atoms with Crippen LogP contribution in [0.5, 0.6) is 5.75 Å². The second-order valence-electron chi connectivity index (χ2n) is 6.12. The number of nitrogens with one attached hydrogen (secondary N) is 1. The number of methoxy groups -OCH3 is 1. The third kappa shape index (κ3) is 4.50. The summed E-state index contributed by atoms with van der Waals surface area (Å²) >= 11 is 0. The van der Waals surface area contributed by atoms with Crippen LogP contribution in [0.1, 0.15) is 38.7 Å². The monoisotopic (exact) mass is 277 g/mol. The highest BCUT2D eigenvalue weighted by molar-refractivity contribution is 5.33. The lowest BCUT2D eigenvalue weighted by Gasteiger charge is -2.18. The minimum atomic E-state index is 0.215. The van der Waals surface area contributed by atoms with Crippen LogP contribution in [0.25, 0.3) is 0 Å². The van der Waals surface area contributed by atoms with Gasteiger partial charge in [0.05, 0.1) is 6.10 Å². The van der Waals surface area contributed by atoms with Gasteiger partial charge in [0.2, 0.25) is 0 Å². The van der Waals surface area contributed by atoms with E-state index in [-0.39, 0.29) is 6.10 Å². The van der Waals surface area contributed by atoms with Gasteiger partial charge in [0.15, 0.2) is 0 Å². The molecule has 3 nitrogen and oxygen atoms in total. The average Bonchev–Trinajstić information content (AvgIpc) is 3.18. The summed E-state index contributed by atoms with van der Waals surface area (Å²) in [5.74, 6) is 0.997. The minimum absolute atomic E-state index is 0.215. The van der Waals surface area contributed by atoms with E-state index in [1.165, 1.54) is 24.8 Å². The van der Waals surface area contributed by atoms with Gasteiger partial charge in [-0.1, -0.05) is 18.2 Å². The first-order valence-electron chi connectivity index (χ1n) is 7.59. The second kappa shape index (κ2) is 7.09. The molecule has 3 heteroatoms. The average molecular weight is 277 g/mol. The smallest absolute Gasteiger partial charge is 0.124 e. The summed E-state index contributed by atoms with van der Waals surface area (Å²) in [6.45, 7) is 6.95. The zero-order valence-corrected chi connectivity index (χ0v) is 12.9. The predicted octanol–water partition coefficient (Wildman–Crippen LogP) is 3.38.